The zero-order chi connectivity index (χ0) is 18.0. The zero-order valence-electron chi connectivity index (χ0n) is 14.1. The number of aromatic carboxylic acids is 1. The number of carboxylic acid groups (broad SMARTS) is 1. The molecule has 26 heavy (non-hydrogen) atoms. The lowest BCUT2D eigenvalue weighted by Gasteiger charge is -2.44. The number of hydrogen-bond acceptors (Lipinski definition) is 2. The SMILES string of the molecule is O=C(O)c1cccc2c1N[C@@H](c1ccc(F)cc1F)[C@H]1[C@@H]3CC[C@H](C3)[C@H]21. The monoisotopic (exact) mass is 355 g/mol. The van der Waals surface area contributed by atoms with Crippen LogP contribution >= 0.6 is 0 Å². The quantitative estimate of drug-likeness (QED) is 0.800. The number of anilines is 1. The van der Waals surface area contributed by atoms with Crippen molar-refractivity contribution >= 4 is 11.7 Å². The van der Waals surface area contributed by atoms with Gasteiger partial charge >= 0.3 is 5.97 Å². The molecule has 134 valence electrons. The van der Waals surface area contributed by atoms with Gasteiger partial charge in [0.15, 0.2) is 0 Å². The van der Waals surface area contributed by atoms with Gasteiger partial charge in [0.1, 0.15) is 11.6 Å². The van der Waals surface area contributed by atoms with Gasteiger partial charge in [0.2, 0.25) is 0 Å². The highest BCUT2D eigenvalue weighted by Gasteiger charge is 2.54. The summed E-state index contributed by atoms with van der Waals surface area (Å²) < 4.78 is 28.0. The molecule has 5 heteroatoms. The van der Waals surface area contributed by atoms with Crippen LogP contribution in [0.3, 0.4) is 0 Å². The molecule has 0 saturated heterocycles. The first-order valence-corrected chi connectivity index (χ1v) is 9.12. The number of carbonyl (C=O) groups is 1. The van der Waals surface area contributed by atoms with Crippen LogP contribution in [0, 0.1) is 29.4 Å². The first kappa shape index (κ1) is 15.8. The van der Waals surface area contributed by atoms with Gasteiger partial charge in [-0.3, -0.25) is 0 Å². The largest absolute Gasteiger partial charge is 0.478 e. The average molecular weight is 355 g/mol. The molecule has 5 atom stereocenters. The van der Waals surface area contributed by atoms with Gasteiger partial charge in [0.25, 0.3) is 0 Å². The first-order chi connectivity index (χ1) is 12.5. The Morgan fingerprint density at radius 1 is 1.08 bits per heavy atom. The fourth-order valence-corrected chi connectivity index (χ4v) is 5.75. The van der Waals surface area contributed by atoms with Crippen molar-refractivity contribution in [2.75, 3.05) is 5.32 Å². The lowest BCUT2D eigenvalue weighted by Crippen LogP contribution is -2.36. The fraction of sp³-hybridized carbons (Fsp3) is 0.381. The van der Waals surface area contributed by atoms with Crippen LogP contribution in [0.2, 0.25) is 0 Å². The van der Waals surface area contributed by atoms with Crippen molar-refractivity contribution < 1.29 is 18.7 Å². The van der Waals surface area contributed by atoms with E-state index in [0.717, 1.165) is 30.9 Å². The van der Waals surface area contributed by atoms with Crippen LogP contribution in [-0.4, -0.2) is 11.1 Å². The Kier molecular flexibility index (Phi) is 3.36. The van der Waals surface area contributed by atoms with Gasteiger partial charge in [-0.15, -0.1) is 0 Å². The van der Waals surface area contributed by atoms with E-state index in [2.05, 4.69) is 5.32 Å². The second-order valence-corrected chi connectivity index (χ2v) is 7.80. The van der Waals surface area contributed by atoms with Crippen molar-refractivity contribution in [2.24, 2.45) is 17.8 Å². The van der Waals surface area contributed by atoms with Crippen LogP contribution in [0.1, 0.15) is 52.7 Å². The molecule has 3 aliphatic rings. The van der Waals surface area contributed by atoms with Crippen LogP contribution in [0.5, 0.6) is 0 Å². The van der Waals surface area contributed by atoms with Crippen molar-refractivity contribution in [1.82, 2.24) is 0 Å². The maximum absolute atomic E-state index is 14.6. The maximum Gasteiger partial charge on any atom is 0.337 e. The molecule has 2 aliphatic carbocycles. The lowest BCUT2D eigenvalue weighted by molar-refractivity contribution is 0.0697. The number of halogens is 2. The Balaban J connectivity index is 1.69. The summed E-state index contributed by atoms with van der Waals surface area (Å²) in [5.41, 5.74) is 2.29. The van der Waals surface area contributed by atoms with E-state index in [1.165, 1.54) is 12.1 Å². The lowest BCUT2D eigenvalue weighted by atomic mass is 9.67. The number of carboxylic acids is 1. The van der Waals surface area contributed by atoms with Gasteiger partial charge in [-0.05, 0) is 60.6 Å². The van der Waals surface area contributed by atoms with Crippen LogP contribution in [0.15, 0.2) is 36.4 Å². The summed E-state index contributed by atoms with van der Waals surface area (Å²) in [4.78, 5) is 11.7. The third-order valence-corrected chi connectivity index (χ3v) is 6.65. The molecular formula is C21H19F2NO2. The molecule has 2 aromatic rings. The Hall–Kier alpha value is -2.43. The molecule has 0 amide bonds. The Morgan fingerprint density at radius 2 is 1.88 bits per heavy atom. The van der Waals surface area contributed by atoms with Crippen LogP contribution < -0.4 is 5.32 Å². The molecule has 2 bridgehead atoms. The predicted octanol–water partition coefficient (Wildman–Crippen LogP) is 4.96. The molecule has 3 nitrogen and oxygen atoms in total. The molecule has 2 fully saturated rings. The summed E-state index contributed by atoms with van der Waals surface area (Å²) in [5, 5.41) is 12.9. The van der Waals surface area contributed by atoms with Crippen molar-refractivity contribution in [1.29, 1.82) is 0 Å². The number of para-hydroxylation sites is 1. The molecule has 2 N–H and O–H groups in total. The van der Waals surface area contributed by atoms with Crippen LogP contribution in [0.25, 0.3) is 0 Å². The van der Waals surface area contributed by atoms with Crippen molar-refractivity contribution in [2.45, 2.75) is 31.2 Å². The van der Waals surface area contributed by atoms with Crippen molar-refractivity contribution in [3.63, 3.8) is 0 Å². The molecular weight excluding hydrogens is 336 g/mol. The third kappa shape index (κ3) is 2.12. The summed E-state index contributed by atoms with van der Waals surface area (Å²) in [5.74, 6) is -0.703. The topological polar surface area (TPSA) is 49.3 Å². The molecule has 1 aliphatic heterocycles. The molecule has 0 unspecified atom stereocenters. The van der Waals surface area contributed by atoms with E-state index in [0.29, 0.717) is 23.1 Å². The van der Waals surface area contributed by atoms with Gasteiger partial charge in [-0.1, -0.05) is 18.2 Å². The van der Waals surface area contributed by atoms with E-state index in [4.69, 9.17) is 0 Å². The highest BCUT2D eigenvalue weighted by molar-refractivity contribution is 5.95. The van der Waals surface area contributed by atoms with E-state index in [9.17, 15) is 18.7 Å². The normalized spacial score (nSPS) is 31.2. The molecule has 2 saturated carbocycles. The van der Waals surface area contributed by atoms with Gasteiger partial charge in [-0.25, -0.2) is 13.6 Å². The molecule has 0 spiro atoms. The highest BCUT2D eigenvalue weighted by atomic mass is 19.1. The minimum absolute atomic E-state index is 0.213. The Labute approximate surface area is 150 Å². The molecule has 0 aromatic heterocycles. The van der Waals surface area contributed by atoms with E-state index in [-0.39, 0.29) is 23.4 Å². The predicted molar refractivity (Wildman–Crippen MR) is 93.2 cm³/mol. The maximum atomic E-state index is 14.6. The second kappa shape index (κ2) is 5.53. The van der Waals surface area contributed by atoms with E-state index >= 15 is 0 Å². The Bertz CT molecular complexity index is 913. The molecule has 1 heterocycles. The number of fused-ring (bicyclic) bond motifs is 7. The summed E-state index contributed by atoms with van der Waals surface area (Å²) in [6, 6.07) is 8.75. The van der Waals surface area contributed by atoms with Crippen LogP contribution in [0.4, 0.5) is 14.5 Å². The smallest absolute Gasteiger partial charge is 0.337 e. The Morgan fingerprint density at radius 3 is 2.65 bits per heavy atom. The highest BCUT2D eigenvalue weighted by Crippen LogP contribution is 2.64. The standard InChI is InChI=1S/C21H19F2NO2/c22-12-6-7-13(16(23)9-12)20-18-11-5-4-10(8-11)17(18)14-2-1-3-15(21(25)26)19(14)24-20/h1-3,6-7,9-11,17-18,20,24H,4-5,8H2,(H,25,26)/t10-,11-,17-,18+,20+/m1/s1. The van der Waals surface area contributed by atoms with Gasteiger partial charge in [0.05, 0.1) is 17.3 Å². The second-order valence-electron chi connectivity index (χ2n) is 7.80. The molecule has 2 aromatic carbocycles. The van der Waals surface area contributed by atoms with E-state index in [1.54, 1.807) is 12.1 Å². The van der Waals surface area contributed by atoms with E-state index in [1.807, 2.05) is 6.07 Å². The summed E-state index contributed by atoms with van der Waals surface area (Å²) >= 11 is 0. The van der Waals surface area contributed by atoms with Gasteiger partial charge in [-0.2, -0.15) is 0 Å². The van der Waals surface area contributed by atoms with Crippen molar-refractivity contribution in [3.8, 4) is 0 Å². The number of rotatable bonds is 2. The summed E-state index contributed by atoms with van der Waals surface area (Å²) in [7, 11) is 0. The van der Waals surface area contributed by atoms with Gasteiger partial charge < -0.3 is 10.4 Å². The van der Waals surface area contributed by atoms with Crippen molar-refractivity contribution in [3.05, 3.63) is 64.7 Å². The minimum Gasteiger partial charge on any atom is -0.478 e. The third-order valence-electron chi connectivity index (χ3n) is 6.65. The fourth-order valence-electron chi connectivity index (χ4n) is 5.75. The van der Waals surface area contributed by atoms with Crippen LogP contribution in [-0.2, 0) is 0 Å². The minimum atomic E-state index is -0.991. The van der Waals surface area contributed by atoms with Gasteiger partial charge in [0, 0.05) is 11.6 Å². The number of benzene rings is 2. The average Bonchev–Trinajstić information content (AvgIpc) is 3.23. The first-order valence-electron chi connectivity index (χ1n) is 9.12. The van der Waals surface area contributed by atoms with E-state index < -0.39 is 17.6 Å². The molecule has 5 rings (SSSR count). The number of nitrogens with one attached hydrogen (secondary N) is 1. The zero-order valence-corrected chi connectivity index (χ0v) is 14.1. The summed E-state index contributed by atoms with van der Waals surface area (Å²) in [6.45, 7) is 0. The molecule has 0 radical (unpaired) electrons. The summed E-state index contributed by atoms with van der Waals surface area (Å²) in [6.07, 6.45) is 3.37. The number of hydrogen-bond donors (Lipinski definition) is 2.